The van der Waals surface area contributed by atoms with E-state index in [4.69, 9.17) is 0 Å². The fourth-order valence-corrected chi connectivity index (χ4v) is 3.59. The van der Waals surface area contributed by atoms with Gasteiger partial charge in [0.25, 0.3) is 0 Å². The van der Waals surface area contributed by atoms with Gasteiger partial charge in [-0.05, 0) is 18.8 Å². The van der Waals surface area contributed by atoms with E-state index in [0.717, 1.165) is 44.2 Å². The molecule has 0 radical (unpaired) electrons. The predicted octanol–water partition coefficient (Wildman–Crippen LogP) is 2.19. The molecule has 2 heterocycles. The molecule has 1 N–H and O–H groups in total. The van der Waals surface area contributed by atoms with E-state index in [0.29, 0.717) is 0 Å². The minimum atomic E-state index is -0.526. The van der Waals surface area contributed by atoms with Crippen LogP contribution in [0, 0.1) is 5.92 Å². The number of aromatic nitrogens is 2. The smallest absolute Gasteiger partial charge is 0.247 e. The summed E-state index contributed by atoms with van der Waals surface area (Å²) in [5.74, 6) is 1.82. The van der Waals surface area contributed by atoms with Crippen molar-refractivity contribution in [2.75, 3.05) is 39.0 Å². The van der Waals surface area contributed by atoms with Crippen molar-refractivity contribution in [2.45, 2.75) is 45.1 Å². The lowest BCUT2D eigenvalue weighted by Crippen LogP contribution is -2.58. The zero-order valence-corrected chi connectivity index (χ0v) is 15.9. The standard InChI is InChI=1S/C18H33N5O/c1-6-15(7-2)14-23-12-9-18(10-13-23,17(24)21(3)4)20-16-8-11-19-22(16)5/h8,11,15,20H,6-7,9-10,12-14H2,1-5H3. The van der Waals surface area contributed by atoms with Crippen molar-refractivity contribution in [3.63, 3.8) is 0 Å². The number of anilines is 1. The quantitative estimate of drug-likeness (QED) is 0.830. The summed E-state index contributed by atoms with van der Waals surface area (Å²) in [4.78, 5) is 17.1. The molecule has 6 heteroatoms. The first-order valence-corrected chi connectivity index (χ1v) is 9.12. The summed E-state index contributed by atoms with van der Waals surface area (Å²) in [7, 11) is 5.58. The zero-order chi connectivity index (χ0) is 17.7. The fourth-order valence-electron chi connectivity index (χ4n) is 3.59. The Labute approximate surface area is 146 Å². The van der Waals surface area contributed by atoms with Crippen molar-refractivity contribution in [3.05, 3.63) is 12.3 Å². The highest BCUT2D eigenvalue weighted by atomic mass is 16.2. The van der Waals surface area contributed by atoms with Gasteiger partial charge in [0.2, 0.25) is 5.91 Å². The first-order chi connectivity index (χ1) is 11.4. The number of rotatable bonds is 7. The molecule has 1 saturated heterocycles. The third-order valence-electron chi connectivity index (χ3n) is 5.38. The van der Waals surface area contributed by atoms with Gasteiger partial charge in [-0.2, -0.15) is 5.10 Å². The number of carbonyl (C=O) groups is 1. The summed E-state index contributed by atoms with van der Waals surface area (Å²) in [6.45, 7) is 7.59. The van der Waals surface area contributed by atoms with Crippen LogP contribution < -0.4 is 5.32 Å². The molecule has 0 spiro atoms. The molecular weight excluding hydrogens is 302 g/mol. The predicted molar refractivity (Wildman–Crippen MR) is 98.0 cm³/mol. The van der Waals surface area contributed by atoms with Crippen molar-refractivity contribution in [2.24, 2.45) is 13.0 Å². The van der Waals surface area contributed by atoms with Gasteiger partial charge in [0.15, 0.2) is 0 Å². The number of piperidine rings is 1. The van der Waals surface area contributed by atoms with Crippen LogP contribution in [0.5, 0.6) is 0 Å². The van der Waals surface area contributed by atoms with Crippen molar-refractivity contribution in [1.29, 1.82) is 0 Å². The summed E-state index contributed by atoms with van der Waals surface area (Å²) in [5.41, 5.74) is -0.526. The van der Waals surface area contributed by atoms with E-state index in [1.807, 2.05) is 27.2 Å². The topological polar surface area (TPSA) is 53.4 Å². The maximum Gasteiger partial charge on any atom is 0.247 e. The van der Waals surface area contributed by atoms with Crippen LogP contribution in [0.25, 0.3) is 0 Å². The number of carbonyl (C=O) groups excluding carboxylic acids is 1. The monoisotopic (exact) mass is 335 g/mol. The van der Waals surface area contributed by atoms with Gasteiger partial charge in [-0.25, -0.2) is 0 Å². The highest BCUT2D eigenvalue weighted by Crippen LogP contribution is 2.29. The second-order valence-corrected chi connectivity index (χ2v) is 7.23. The van der Waals surface area contributed by atoms with Crippen LogP contribution in [0.4, 0.5) is 5.82 Å². The van der Waals surface area contributed by atoms with E-state index >= 15 is 0 Å². The van der Waals surface area contributed by atoms with Crippen LogP contribution in [0.2, 0.25) is 0 Å². The van der Waals surface area contributed by atoms with Crippen molar-refractivity contribution >= 4 is 11.7 Å². The van der Waals surface area contributed by atoms with Crippen molar-refractivity contribution in [1.82, 2.24) is 19.6 Å². The Hall–Kier alpha value is -1.56. The lowest BCUT2D eigenvalue weighted by atomic mass is 9.85. The first kappa shape index (κ1) is 18.8. The van der Waals surface area contributed by atoms with Gasteiger partial charge in [-0.3, -0.25) is 9.48 Å². The third kappa shape index (κ3) is 4.09. The van der Waals surface area contributed by atoms with E-state index in [9.17, 15) is 4.79 Å². The van der Waals surface area contributed by atoms with Crippen LogP contribution in [-0.4, -0.2) is 64.8 Å². The van der Waals surface area contributed by atoms with E-state index in [2.05, 4.69) is 29.2 Å². The Bertz CT molecular complexity index is 527. The maximum absolute atomic E-state index is 12.9. The van der Waals surface area contributed by atoms with Crippen molar-refractivity contribution < 1.29 is 4.79 Å². The van der Waals surface area contributed by atoms with Gasteiger partial charge >= 0.3 is 0 Å². The molecule has 0 aliphatic carbocycles. The van der Waals surface area contributed by atoms with E-state index in [-0.39, 0.29) is 5.91 Å². The molecule has 1 aliphatic heterocycles. The number of hydrogen-bond acceptors (Lipinski definition) is 4. The number of nitrogens with one attached hydrogen (secondary N) is 1. The van der Waals surface area contributed by atoms with Crippen LogP contribution in [0.15, 0.2) is 12.3 Å². The molecule has 1 fully saturated rings. The zero-order valence-electron chi connectivity index (χ0n) is 15.9. The van der Waals surface area contributed by atoms with Crippen molar-refractivity contribution in [3.8, 4) is 0 Å². The SMILES string of the molecule is CCC(CC)CN1CCC(Nc2ccnn2C)(C(=O)N(C)C)CC1. The minimum Gasteiger partial charge on any atom is -0.356 e. The molecule has 1 aliphatic rings. The molecule has 1 aromatic heterocycles. The van der Waals surface area contributed by atoms with Gasteiger partial charge < -0.3 is 15.1 Å². The normalized spacial score (nSPS) is 17.9. The largest absolute Gasteiger partial charge is 0.356 e. The Balaban J connectivity index is 2.10. The van der Waals surface area contributed by atoms with E-state index in [1.165, 1.54) is 12.8 Å². The average molecular weight is 335 g/mol. The Morgan fingerprint density at radius 2 is 1.96 bits per heavy atom. The van der Waals surface area contributed by atoms with Gasteiger partial charge in [-0.1, -0.05) is 26.7 Å². The lowest BCUT2D eigenvalue weighted by molar-refractivity contribution is -0.135. The second-order valence-electron chi connectivity index (χ2n) is 7.23. The maximum atomic E-state index is 12.9. The molecule has 1 amide bonds. The number of aryl methyl sites for hydroxylation is 1. The molecule has 136 valence electrons. The van der Waals surface area contributed by atoms with Crippen LogP contribution >= 0.6 is 0 Å². The number of likely N-dealkylation sites (N-methyl/N-ethyl adjacent to an activating group) is 1. The molecule has 1 aromatic rings. The van der Waals surface area contributed by atoms with Gasteiger partial charge in [-0.15, -0.1) is 0 Å². The lowest BCUT2D eigenvalue weighted by Gasteiger charge is -2.43. The Kier molecular flexibility index (Phi) is 6.27. The second kappa shape index (κ2) is 8.01. The molecule has 0 aromatic carbocycles. The molecular formula is C18H33N5O. The number of nitrogens with zero attached hydrogens (tertiary/aromatic N) is 4. The Morgan fingerprint density at radius 1 is 1.33 bits per heavy atom. The molecule has 0 atom stereocenters. The summed E-state index contributed by atoms with van der Waals surface area (Å²) >= 11 is 0. The van der Waals surface area contributed by atoms with Crippen LogP contribution in [0.1, 0.15) is 39.5 Å². The summed E-state index contributed by atoms with van der Waals surface area (Å²) in [5, 5.41) is 7.72. The molecule has 0 unspecified atom stereocenters. The first-order valence-electron chi connectivity index (χ1n) is 9.12. The van der Waals surface area contributed by atoms with E-state index < -0.39 is 5.54 Å². The number of likely N-dealkylation sites (tertiary alicyclic amines) is 1. The molecule has 0 saturated carbocycles. The summed E-state index contributed by atoms with van der Waals surface area (Å²) in [6.07, 6.45) is 5.87. The van der Waals surface area contributed by atoms with E-state index in [1.54, 1.807) is 15.8 Å². The van der Waals surface area contributed by atoms with Gasteiger partial charge in [0, 0.05) is 46.8 Å². The fraction of sp³-hybridized carbons (Fsp3) is 0.778. The highest BCUT2D eigenvalue weighted by Gasteiger charge is 2.42. The van der Waals surface area contributed by atoms with Gasteiger partial charge in [0.05, 0.1) is 6.20 Å². The summed E-state index contributed by atoms with van der Waals surface area (Å²) in [6, 6.07) is 1.93. The average Bonchev–Trinajstić information content (AvgIpc) is 2.98. The van der Waals surface area contributed by atoms with Crippen LogP contribution in [0.3, 0.4) is 0 Å². The molecule has 0 bridgehead atoms. The summed E-state index contributed by atoms with van der Waals surface area (Å²) < 4.78 is 1.79. The highest BCUT2D eigenvalue weighted by molar-refractivity contribution is 5.89. The van der Waals surface area contributed by atoms with Gasteiger partial charge in [0.1, 0.15) is 11.4 Å². The molecule has 2 rings (SSSR count). The van der Waals surface area contributed by atoms with Crippen LogP contribution in [-0.2, 0) is 11.8 Å². The Morgan fingerprint density at radius 3 is 2.42 bits per heavy atom. The minimum absolute atomic E-state index is 0.158. The number of hydrogen-bond donors (Lipinski definition) is 1. The molecule has 24 heavy (non-hydrogen) atoms. The molecule has 6 nitrogen and oxygen atoms in total. The number of amides is 1. The third-order valence-corrected chi connectivity index (χ3v) is 5.38.